The number of likely N-dealkylation sites (tertiary alicyclic amines) is 1. The summed E-state index contributed by atoms with van der Waals surface area (Å²) in [6.07, 6.45) is 1.95. The Labute approximate surface area is 173 Å². The van der Waals surface area contributed by atoms with Gasteiger partial charge in [0.05, 0.1) is 6.04 Å². The maximum absolute atomic E-state index is 12.8. The molecule has 0 saturated carbocycles. The van der Waals surface area contributed by atoms with E-state index in [9.17, 15) is 14.4 Å². The molecule has 0 radical (unpaired) electrons. The zero-order valence-electron chi connectivity index (χ0n) is 17.7. The van der Waals surface area contributed by atoms with Gasteiger partial charge in [-0.25, -0.2) is 0 Å². The molecule has 7 heteroatoms. The van der Waals surface area contributed by atoms with Crippen LogP contribution in [0.4, 0.5) is 0 Å². The lowest BCUT2D eigenvalue weighted by Crippen LogP contribution is -2.59. The first kappa shape index (κ1) is 21.3. The molecule has 7 nitrogen and oxygen atoms in total. The fourth-order valence-corrected chi connectivity index (χ4v) is 4.14. The van der Waals surface area contributed by atoms with E-state index in [2.05, 4.69) is 24.1 Å². The second kappa shape index (κ2) is 9.39. The van der Waals surface area contributed by atoms with E-state index in [4.69, 9.17) is 0 Å². The third-order valence-corrected chi connectivity index (χ3v) is 5.85. The van der Waals surface area contributed by atoms with E-state index in [0.717, 1.165) is 38.0 Å². The predicted molar refractivity (Wildman–Crippen MR) is 111 cm³/mol. The van der Waals surface area contributed by atoms with Gasteiger partial charge in [0.15, 0.2) is 0 Å². The summed E-state index contributed by atoms with van der Waals surface area (Å²) in [6, 6.07) is 7.58. The SMILES string of the molecule is CC(=O)NCc1ccc(C(=O)N2CCN(C3CCCN(C(C)C)C3=O)CC2)cc1. The highest BCUT2D eigenvalue weighted by atomic mass is 16.2. The molecule has 1 N–H and O–H groups in total. The third-order valence-electron chi connectivity index (χ3n) is 5.85. The van der Waals surface area contributed by atoms with Gasteiger partial charge in [0.1, 0.15) is 0 Å². The van der Waals surface area contributed by atoms with Gasteiger partial charge in [-0.15, -0.1) is 0 Å². The molecule has 29 heavy (non-hydrogen) atoms. The molecular formula is C22H32N4O3. The van der Waals surface area contributed by atoms with Gasteiger partial charge in [0.2, 0.25) is 11.8 Å². The normalized spacial score (nSPS) is 20.8. The summed E-state index contributed by atoms with van der Waals surface area (Å²) in [4.78, 5) is 42.7. The van der Waals surface area contributed by atoms with Crippen molar-refractivity contribution in [3.05, 3.63) is 35.4 Å². The van der Waals surface area contributed by atoms with Gasteiger partial charge in [-0.1, -0.05) is 12.1 Å². The number of benzene rings is 1. The molecule has 1 atom stereocenters. The first-order valence-corrected chi connectivity index (χ1v) is 10.5. The minimum absolute atomic E-state index is 0.0227. The van der Waals surface area contributed by atoms with Gasteiger partial charge >= 0.3 is 0 Å². The van der Waals surface area contributed by atoms with E-state index in [0.29, 0.717) is 25.2 Å². The monoisotopic (exact) mass is 400 g/mol. The molecule has 2 heterocycles. The summed E-state index contributed by atoms with van der Waals surface area (Å²) >= 11 is 0. The number of amides is 3. The van der Waals surface area contributed by atoms with Crippen LogP contribution in [-0.4, -0.2) is 77.2 Å². The number of piperidine rings is 1. The Morgan fingerprint density at radius 1 is 1.07 bits per heavy atom. The van der Waals surface area contributed by atoms with Crippen LogP contribution >= 0.6 is 0 Å². The van der Waals surface area contributed by atoms with Gasteiger partial charge in [0.25, 0.3) is 5.91 Å². The smallest absolute Gasteiger partial charge is 0.253 e. The third kappa shape index (κ3) is 5.15. The number of piperazine rings is 1. The van der Waals surface area contributed by atoms with E-state index in [-0.39, 0.29) is 29.8 Å². The number of carbonyl (C=O) groups excluding carboxylic acids is 3. The molecule has 1 unspecified atom stereocenters. The van der Waals surface area contributed by atoms with Crippen molar-refractivity contribution in [3.63, 3.8) is 0 Å². The van der Waals surface area contributed by atoms with Crippen LogP contribution < -0.4 is 5.32 Å². The molecule has 3 rings (SSSR count). The van der Waals surface area contributed by atoms with Crippen molar-refractivity contribution in [1.82, 2.24) is 20.0 Å². The second-order valence-corrected chi connectivity index (χ2v) is 8.22. The standard InChI is InChI=1S/C22H32N4O3/c1-16(2)26-10-4-5-20(22(26)29)24-11-13-25(14-12-24)21(28)19-8-6-18(7-9-19)15-23-17(3)27/h6-9,16,20H,4-5,10-15H2,1-3H3,(H,23,27). The molecule has 2 aliphatic rings. The van der Waals surface area contributed by atoms with E-state index in [1.807, 2.05) is 34.1 Å². The quantitative estimate of drug-likeness (QED) is 0.813. The number of nitrogens with zero attached hydrogens (tertiary/aromatic N) is 3. The van der Waals surface area contributed by atoms with Crippen molar-refractivity contribution >= 4 is 17.7 Å². The zero-order chi connectivity index (χ0) is 21.0. The van der Waals surface area contributed by atoms with E-state index < -0.39 is 0 Å². The van der Waals surface area contributed by atoms with Gasteiger partial charge in [-0.2, -0.15) is 0 Å². The van der Waals surface area contributed by atoms with Crippen LogP contribution in [-0.2, 0) is 16.1 Å². The van der Waals surface area contributed by atoms with Gasteiger partial charge in [-0.05, 0) is 44.4 Å². The van der Waals surface area contributed by atoms with Crippen LogP contribution in [0.1, 0.15) is 49.5 Å². The Morgan fingerprint density at radius 2 is 1.72 bits per heavy atom. The Kier molecular flexibility index (Phi) is 6.90. The van der Waals surface area contributed by atoms with Crippen LogP contribution in [0, 0.1) is 0 Å². The minimum atomic E-state index is -0.0732. The molecule has 0 spiro atoms. The molecular weight excluding hydrogens is 368 g/mol. The summed E-state index contributed by atoms with van der Waals surface area (Å²) in [7, 11) is 0. The van der Waals surface area contributed by atoms with Crippen molar-refractivity contribution in [2.24, 2.45) is 0 Å². The van der Waals surface area contributed by atoms with Gasteiger partial charge < -0.3 is 15.1 Å². The minimum Gasteiger partial charge on any atom is -0.352 e. The zero-order valence-corrected chi connectivity index (χ0v) is 17.7. The highest BCUT2D eigenvalue weighted by molar-refractivity contribution is 5.94. The Bertz CT molecular complexity index is 739. The molecule has 0 aliphatic carbocycles. The number of hydrogen-bond donors (Lipinski definition) is 1. The van der Waals surface area contributed by atoms with Crippen molar-refractivity contribution in [2.75, 3.05) is 32.7 Å². The molecule has 2 saturated heterocycles. The highest BCUT2D eigenvalue weighted by Crippen LogP contribution is 2.21. The van der Waals surface area contributed by atoms with Crippen LogP contribution in [0.15, 0.2) is 24.3 Å². The molecule has 158 valence electrons. The lowest BCUT2D eigenvalue weighted by molar-refractivity contribution is -0.142. The van der Waals surface area contributed by atoms with Crippen molar-refractivity contribution in [1.29, 1.82) is 0 Å². The average molecular weight is 401 g/mol. The van der Waals surface area contributed by atoms with Crippen LogP contribution in [0.25, 0.3) is 0 Å². The molecule has 2 fully saturated rings. The summed E-state index contributed by atoms with van der Waals surface area (Å²) in [5.74, 6) is 0.186. The van der Waals surface area contributed by atoms with Crippen molar-refractivity contribution in [3.8, 4) is 0 Å². The number of nitrogens with one attached hydrogen (secondary N) is 1. The molecule has 0 bridgehead atoms. The first-order chi connectivity index (χ1) is 13.9. The Balaban J connectivity index is 1.54. The maximum atomic E-state index is 12.8. The van der Waals surface area contributed by atoms with Crippen LogP contribution in [0.5, 0.6) is 0 Å². The summed E-state index contributed by atoms with van der Waals surface area (Å²) in [6.45, 7) is 9.67. The second-order valence-electron chi connectivity index (χ2n) is 8.22. The Hall–Kier alpha value is -2.41. The maximum Gasteiger partial charge on any atom is 0.253 e. The highest BCUT2D eigenvalue weighted by Gasteiger charge is 2.36. The lowest BCUT2D eigenvalue weighted by atomic mass is 10.0. The molecule has 1 aromatic rings. The van der Waals surface area contributed by atoms with E-state index in [1.54, 1.807) is 0 Å². The predicted octanol–water partition coefficient (Wildman–Crippen LogP) is 1.48. The van der Waals surface area contributed by atoms with Gasteiger partial charge in [-0.3, -0.25) is 19.3 Å². The molecule has 3 amide bonds. The summed E-state index contributed by atoms with van der Waals surface area (Å²) < 4.78 is 0. The summed E-state index contributed by atoms with van der Waals surface area (Å²) in [5, 5.41) is 2.75. The Morgan fingerprint density at radius 3 is 2.31 bits per heavy atom. The molecule has 1 aromatic carbocycles. The van der Waals surface area contributed by atoms with Crippen molar-refractivity contribution < 1.29 is 14.4 Å². The van der Waals surface area contributed by atoms with E-state index in [1.165, 1.54) is 6.92 Å². The van der Waals surface area contributed by atoms with Gasteiger partial charge in [0, 0.05) is 57.8 Å². The van der Waals surface area contributed by atoms with Crippen molar-refractivity contribution in [2.45, 2.75) is 52.2 Å². The average Bonchev–Trinajstić information content (AvgIpc) is 2.72. The van der Waals surface area contributed by atoms with E-state index >= 15 is 0 Å². The first-order valence-electron chi connectivity index (χ1n) is 10.5. The fraction of sp³-hybridized carbons (Fsp3) is 0.591. The lowest BCUT2D eigenvalue weighted by Gasteiger charge is -2.43. The summed E-state index contributed by atoms with van der Waals surface area (Å²) in [5.41, 5.74) is 1.62. The number of rotatable bonds is 5. The van der Waals surface area contributed by atoms with Crippen LogP contribution in [0.2, 0.25) is 0 Å². The number of hydrogen-bond acceptors (Lipinski definition) is 4. The fourth-order valence-electron chi connectivity index (χ4n) is 4.14. The largest absolute Gasteiger partial charge is 0.352 e. The molecule has 0 aromatic heterocycles. The number of carbonyl (C=O) groups is 3. The molecule has 2 aliphatic heterocycles. The van der Waals surface area contributed by atoms with Crippen LogP contribution in [0.3, 0.4) is 0 Å². The topological polar surface area (TPSA) is 73.0 Å².